The van der Waals surface area contributed by atoms with Crippen molar-refractivity contribution >= 4 is 22.6 Å². The summed E-state index contributed by atoms with van der Waals surface area (Å²) in [7, 11) is 1.62. The molecular formula is C28H27N3O4. The molecule has 4 aromatic rings. The molecule has 2 heterocycles. The van der Waals surface area contributed by atoms with Crippen LogP contribution < -0.4 is 14.8 Å². The number of ether oxygens (including phenoxy) is 2. The Morgan fingerprint density at radius 2 is 1.69 bits per heavy atom. The van der Waals surface area contributed by atoms with Crippen LogP contribution in [0.3, 0.4) is 0 Å². The largest absolute Gasteiger partial charge is 0.497 e. The van der Waals surface area contributed by atoms with Gasteiger partial charge in [-0.25, -0.2) is 14.8 Å². The number of nitrogens with one attached hydrogen (secondary N) is 1. The van der Waals surface area contributed by atoms with E-state index < -0.39 is 5.97 Å². The number of nitrogens with zero attached hydrogens (tertiary/aromatic N) is 2. The maximum Gasteiger partial charge on any atom is 0.335 e. The highest BCUT2D eigenvalue weighted by Crippen LogP contribution is 2.50. The molecule has 0 radical (unpaired) electrons. The Bertz CT molecular complexity index is 1390. The summed E-state index contributed by atoms with van der Waals surface area (Å²) in [6, 6.07) is 16.9. The van der Waals surface area contributed by atoms with Crippen LogP contribution in [0.1, 0.15) is 54.1 Å². The number of fused-ring (bicyclic) bond motifs is 1. The third-order valence-electron chi connectivity index (χ3n) is 6.48. The molecule has 0 atom stereocenters. The molecule has 7 heteroatoms. The maximum absolute atomic E-state index is 11.7. The molecule has 0 bridgehead atoms. The van der Waals surface area contributed by atoms with Crippen molar-refractivity contribution in [1.29, 1.82) is 0 Å². The Morgan fingerprint density at radius 1 is 1.00 bits per heavy atom. The summed E-state index contributed by atoms with van der Waals surface area (Å²) in [5.41, 5.74) is 1.93. The zero-order valence-corrected chi connectivity index (χ0v) is 19.9. The van der Waals surface area contributed by atoms with E-state index in [2.05, 4.69) is 15.3 Å². The van der Waals surface area contributed by atoms with Crippen molar-refractivity contribution in [1.82, 2.24) is 9.97 Å². The number of methoxy groups -OCH3 is 1. The Kier molecular flexibility index (Phi) is 5.76. The van der Waals surface area contributed by atoms with E-state index in [0.29, 0.717) is 23.0 Å². The van der Waals surface area contributed by atoms with E-state index >= 15 is 0 Å². The topological polar surface area (TPSA) is 93.6 Å². The van der Waals surface area contributed by atoms with Crippen molar-refractivity contribution in [3.05, 3.63) is 83.7 Å². The fourth-order valence-corrected chi connectivity index (χ4v) is 4.39. The van der Waals surface area contributed by atoms with Crippen molar-refractivity contribution in [3.63, 3.8) is 0 Å². The first-order valence-electron chi connectivity index (χ1n) is 11.6. The van der Waals surface area contributed by atoms with Gasteiger partial charge in [0, 0.05) is 12.4 Å². The Labute approximate surface area is 203 Å². The van der Waals surface area contributed by atoms with E-state index in [4.69, 9.17) is 9.47 Å². The number of aromatic nitrogens is 2. The first-order valence-corrected chi connectivity index (χ1v) is 11.6. The monoisotopic (exact) mass is 469 g/mol. The van der Waals surface area contributed by atoms with Crippen LogP contribution in [0.2, 0.25) is 0 Å². The predicted molar refractivity (Wildman–Crippen MR) is 135 cm³/mol. The van der Waals surface area contributed by atoms with Gasteiger partial charge in [0.05, 0.1) is 23.6 Å². The van der Waals surface area contributed by atoms with Crippen LogP contribution in [-0.4, -0.2) is 28.2 Å². The average molecular weight is 470 g/mol. The lowest BCUT2D eigenvalue weighted by Gasteiger charge is -2.22. The number of benzene rings is 2. The van der Waals surface area contributed by atoms with Gasteiger partial charge in [-0.2, -0.15) is 0 Å². The number of rotatable bonds is 8. The van der Waals surface area contributed by atoms with Crippen LogP contribution in [0.4, 0.5) is 5.82 Å². The number of anilines is 1. The number of hydrogen-bond donors (Lipinski definition) is 2. The first-order chi connectivity index (χ1) is 16.9. The minimum absolute atomic E-state index is 0.0984. The maximum atomic E-state index is 11.7. The van der Waals surface area contributed by atoms with Gasteiger partial charge in [-0.1, -0.05) is 26.0 Å². The van der Waals surface area contributed by atoms with Crippen LogP contribution >= 0.6 is 0 Å². The minimum Gasteiger partial charge on any atom is -0.497 e. The number of carbonyl (C=O) groups is 1. The number of carboxylic acid groups (broad SMARTS) is 1. The van der Waals surface area contributed by atoms with E-state index in [0.717, 1.165) is 40.5 Å². The van der Waals surface area contributed by atoms with E-state index in [1.165, 1.54) is 0 Å². The second-order valence-corrected chi connectivity index (χ2v) is 9.12. The third kappa shape index (κ3) is 4.37. The fraction of sp³-hybridized carbons (Fsp3) is 0.250. The molecule has 2 aromatic heterocycles. The average Bonchev–Trinajstić information content (AvgIpc) is 3.65. The molecule has 0 amide bonds. The van der Waals surface area contributed by atoms with E-state index in [1.807, 2.05) is 62.4 Å². The molecule has 178 valence electrons. The summed E-state index contributed by atoms with van der Waals surface area (Å²) < 4.78 is 11.4. The number of carboxylic acids is 1. The summed E-state index contributed by atoms with van der Waals surface area (Å²) in [5.74, 6) is 1.74. The van der Waals surface area contributed by atoms with E-state index in [1.54, 1.807) is 25.6 Å². The van der Waals surface area contributed by atoms with Crippen LogP contribution in [0.15, 0.2) is 67.0 Å². The highest BCUT2D eigenvalue weighted by molar-refractivity contribution is 5.96. The SMILES string of the molecule is COc1ccc(Oc2nccc3ccnc(NC4(c5ccc(C(=O)O)c(C(C)C)c5)CC4)c23)cc1. The van der Waals surface area contributed by atoms with Gasteiger partial charge >= 0.3 is 5.97 Å². The lowest BCUT2D eigenvalue weighted by atomic mass is 9.92. The molecule has 0 aliphatic heterocycles. The summed E-state index contributed by atoms with van der Waals surface area (Å²) in [6.07, 6.45) is 5.33. The normalized spacial score (nSPS) is 14.1. The molecule has 1 aliphatic rings. The Morgan fingerprint density at radius 3 is 2.31 bits per heavy atom. The van der Waals surface area contributed by atoms with Crippen molar-refractivity contribution in [3.8, 4) is 17.4 Å². The van der Waals surface area contributed by atoms with Gasteiger partial charge in [-0.05, 0) is 77.7 Å². The third-order valence-corrected chi connectivity index (χ3v) is 6.48. The predicted octanol–water partition coefficient (Wildman–Crippen LogP) is 6.35. The first kappa shape index (κ1) is 22.7. The second kappa shape index (κ2) is 8.91. The highest BCUT2D eigenvalue weighted by Gasteiger charge is 2.45. The molecule has 5 rings (SSSR count). The molecule has 1 saturated carbocycles. The fourth-order valence-electron chi connectivity index (χ4n) is 4.39. The number of aromatic carboxylic acids is 1. The highest BCUT2D eigenvalue weighted by atomic mass is 16.5. The Balaban J connectivity index is 1.52. The molecule has 2 N–H and O–H groups in total. The van der Waals surface area contributed by atoms with Gasteiger partial charge in [-0.15, -0.1) is 0 Å². The molecule has 7 nitrogen and oxygen atoms in total. The van der Waals surface area contributed by atoms with Gasteiger partial charge in [-0.3, -0.25) is 0 Å². The lowest BCUT2D eigenvalue weighted by molar-refractivity contribution is 0.0695. The molecule has 0 unspecified atom stereocenters. The van der Waals surface area contributed by atoms with Crippen LogP contribution in [0.25, 0.3) is 10.8 Å². The smallest absolute Gasteiger partial charge is 0.335 e. The van der Waals surface area contributed by atoms with Gasteiger partial charge in [0.1, 0.15) is 17.3 Å². The van der Waals surface area contributed by atoms with Crippen molar-refractivity contribution < 1.29 is 19.4 Å². The number of hydrogen-bond acceptors (Lipinski definition) is 6. The molecule has 0 saturated heterocycles. The van der Waals surface area contributed by atoms with Gasteiger partial charge in [0.15, 0.2) is 0 Å². The van der Waals surface area contributed by atoms with Crippen molar-refractivity contribution in [2.75, 3.05) is 12.4 Å². The van der Waals surface area contributed by atoms with Crippen molar-refractivity contribution in [2.24, 2.45) is 0 Å². The minimum atomic E-state index is -0.903. The van der Waals surface area contributed by atoms with Crippen molar-refractivity contribution in [2.45, 2.75) is 38.1 Å². The van der Waals surface area contributed by atoms with E-state index in [-0.39, 0.29) is 11.5 Å². The summed E-state index contributed by atoms with van der Waals surface area (Å²) >= 11 is 0. The number of pyridine rings is 2. The Hall–Kier alpha value is -4.13. The molecule has 1 fully saturated rings. The zero-order chi connectivity index (χ0) is 24.6. The van der Waals surface area contributed by atoms with E-state index in [9.17, 15) is 9.90 Å². The quantitative estimate of drug-likeness (QED) is 0.310. The van der Waals surface area contributed by atoms with Crippen LogP contribution in [-0.2, 0) is 5.54 Å². The van der Waals surface area contributed by atoms with Gasteiger partial charge in [0.2, 0.25) is 5.88 Å². The molecule has 35 heavy (non-hydrogen) atoms. The van der Waals surface area contributed by atoms with Crippen LogP contribution in [0, 0.1) is 0 Å². The molecule has 1 aliphatic carbocycles. The zero-order valence-electron chi connectivity index (χ0n) is 19.9. The lowest BCUT2D eigenvalue weighted by Crippen LogP contribution is -2.21. The molecule has 0 spiro atoms. The van der Waals surface area contributed by atoms with Crippen LogP contribution in [0.5, 0.6) is 17.4 Å². The summed E-state index contributed by atoms with van der Waals surface area (Å²) in [5, 5.41) is 15.0. The molecular weight excluding hydrogens is 442 g/mol. The summed E-state index contributed by atoms with van der Waals surface area (Å²) in [4.78, 5) is 20.9. The van der Waals surface area contributed by atoms with Gasteiger partial charge < -0.3 is 19.9 Å². The second-order valence-electron chi connectivity index (χ2n) is 9.12. The summed E-state index contributed by atoms with van der Waals surface area (Å²) in [6.45, 7) is 4.03. The van der Waals surface area contributed by atoms with Gasteiger partial charge in [0.25, 0.3) is 0 Å². The molecule has 2 aromatic carbocycles. The standard InChI is InChI=1S/C28H27N3O4/c1-17(2)23-16-19(4-9-22(23)27(32)33)28(12-13-28)31-25-24-18(10-14-29-25)11-15-30-26(24)35-21-7-5-20(34-3)6-8-21/h4-11,14-17H,12-13H2,1-3H3,(H,29,31)(H,32,33).